The lowest BCUT2D eigenvalue weighted by molar-refractivity contribution is -0.0293. The van der Waals surface area contributed by atoms with Crippen LogP contribution in [-0.4, -0.2) is 101 Å². The quantitative estimate of drug-likeness (QED) is 0.201. The molecular weight excluding hydrogens is 687 g/mol. The van der Waals surface area contributed by atoms with E-state index in [1.165, 1.54) is 18.2 Å². The van der Waals surface area contributed by atoms with Crippen molar-refractivity contribution in [3.63, 3.8) is 0 Å². The zero-order valence-corrected chi connectivity index (χ0v) is 30.6. The fourth-order valence-corrected chi connectivity index (χ4v) is 6.82. The number of halogens is 3. The second-order valence-electron chi connectivity index (χ2n) is 12.1. The number of carbonyl (C=O) groups is 1. The summed E-state index contributed by atoms with van der Waals surface area (Å²) in [6.07, 6.45) is 3.25. The van der Waals surface area contributed by atoms with E-state index in [0.29, 0.717) is 37.0 Å². The van der Waals surface area contributed by atoms with Crippen molar-refractivity contribution in [3.8, 4) is 17.8 Å². The minimum Gasteiger partial charge on any atom is -0.481 e. The Bertz CT molecular complexity index is 1570. The van der Waals surface area contributed by atoms with Crippen LogP contribution in [0.1, 0.15) is 46.8 Å². The Balaban J connectivity index is 0.00000217. The van der Waals surface area contributed by atoms with E-state index in [9.17, 15) is 4.79 Å². The lowest BCUT2D eigenvalue weighted by Crippen LogP contribution is -2.67. The van der Waals surface area contributed by atoms with Crippen LogP contribution in [0.4, 0.5) is 0 Å². The van der Waals surface area contributed by atoms with E-state index < -0.39 is 0 Å². The van der Waals surface area contributed by atoms with E-state index in [4.69, 9.17) is 14.2 Å². The Hall–Kier alpha value is -3.67. The number of hydrogen-bond donors (Lipinski definition) is 0. The molecule has 0 bridgehead atoms. The van der Waals surface area contributed by atoms with Crippen molar-refractivity contribution in [2.45, 2.75) is 44.5 Å². The summed E-state index contributed by atoms with van der Waals surface area (Å²) in [5.41, 5.74) is 3.92. The van der Waals surface area contributed by atoms with Gasteiger partial charge in [0, 0.05) is 69.7 Å². The summed E-state index contributed by atoms with van der Waals surface area (Å²) in [6.45, 7) is 8.05. The van der Waals surface area contributed by atoms with Crippen molar-refractivity contribution in [1.29, 1.82) is 0 Å². The summed E-state index contributed by atoms with van der Waals surface area (Å²) < 4.78 is 17.3. The number of carbonyl (C=O) groups excluding carboxylic acids is 1. The average molecular weight is 732 g/mol. The third kappa shape index (κ3) is 9.12. The van der Waals surface area contributed by atoms with Crippen LogP contribution in [0.2, 0.25) is 0 Å². The molecule has 2 fully saturated rings. The first kappa shape index (κ1) is 39.8. The third-order valence-corrected chi connectivity index (χ3v) is 8.78. The maximum atomic E-state index is 13.6. The molecule has 2 saturated heterocycles. The maximum absolute atomic E-state index is 13.6. The molecule has 2 aromatic carbocycles. The van der Waals surface area contributed by atoms with Crippen LogP contribution in [0.3, 0.4) is 0 Å². The molecule has 13 heteroatoms. The van der Waals surface area contributed by atoms with E-state index in [2.05, 4.69) is 85.4 Å². The zero-order chi connectivity index (χ0) is 32.0. The van der Waals surface area contributed by atoms with Crippen LogP contribution in [0.5, 0.6) is 17.8 Å². The van der Waals surface area contributed by atoms with Gasteiger partial charge in [0.05, 0.1) is 31.5 Å². The molecular formula is C36H45Cl3N6O4. The van der Waals surface area contributed by atoms with Crippen LogP contribution >= 0.6 is 37.2 Å². The summed E-state index contributed by atoms with van der Waals surface area (Å²) in [4.78, 5) is 33.9. The SMILES string of the molecule is COc1nc(OC)c(CN2C[C@@H]3CN(C(=O)c4cccnc4)CCN3[C@H](C(c3ccccc3)c3ccccc3)C2)c(OC(C)C)n1.Cl.Cl.Cl. The molecule has 2 aliphatic heterocycles. The van der Waals surface area contributed by atoms with Gasteiger partial charge in [0.1, 0.15) is 0 Å². The van der Waals surface area contributed by atoms with Gasteiger partial charge >= 0.3 is 6.01 Å². The van der Waals surface area contributed by atoms with E-state index in [0.717, 1.165) is 25.2 Å². The van der Waals surface area contributed by atoms with Crippen molar-refractivity contribution < 1.29 is 19.0 Å². The molecule has 0 radical (unpaired) electrons. The Labute approximate surface area is 307 Å². The van der Waals surface area contributed by atoms with Crippen LogP contribution in [0.15, 0.2) is 85.2 Å². The normalized spacial score (nSPS) is 17.6. The first-order valence-corrected chi connectivity index (χ1v) is 15.9. The first-order valence-electron chi connectivity index (χ1n) is 15.9. The molecule has 6 rings (SSSR count). The molecule has 2 atom stereocenters. The van der Waals surface area contributed by atoms with Gasteiger partial charge in [-0.05, 0) is 37.1 Å². The van der Waals surface area contributed by atoms with Gasteiger partial charge in [0.15, 0.2) is 0 Å². The summed E-state index contributed by atoms with van der Waals surface area (Å²) in [6, 6.07) is 25.6. The molecule has 4 aromatic rings. The molecule has 0 aliphatic carbocycles. The number of rotatable bonds is 10. The van der Waals surface area contributed by atoms with Crippen molar-refractivity contribution in [3.05, 3.63) is 107 Å². The highest BCUT2D eigenvalue weighted by Crippen LogP contribution is 2.37. The monoisotopic (exact) mass is 730 g/mol. The van der Waals surface area contributed by atoms with E-state index >= 15 is 0 Å². The molecule has 0 unspecified atom stereocenters. The molecule has 2 aliphatic rings. The lowest BCUT2D eigenvalue weighted by atomic mass is 9.81. The number of piperazine rings is 2. The number of aromatic nitrogens is 3. The number of amides is 1. The summed E-state index contributed by atoms with van der Waals surface area (Å²) in [7, 11) is 3.14. The van der Waals surface area contributed by atoms with Gasteiger partial charge in [0.25, 0.3) is 5.91 Å². The highest BCUT2D eigenvalue weighted by atomic mass is 35.5. The number of benzene rings is 2. The van der Waals surface area contributed by atoms with E-state index in [-0.39, 0.29) is 73.2 Å². The molecule has 264 valence electrons. The molecule has 10 nitrogen and oxygen atoms in total. The largest absolute Gasteiger partial charge is 0.481 e. The second kappa shape index (κ2) is 18.4. The number of methoxy groups -OCH3 is 2. The van der Waals surface area contributed by atoms with E-state index in [1.807, 2.05) is 30.9 Å². The third-order valence-electron chi connectivity index (χ3n) is 8.78. The molecule has 1 amide bonds. The number of hydrogen-bond acceptors (Lipinski definition) is 9. The van der Waals surface area contributed by atoms with Gasteiger partial charge in [-0.25, -0.2) is 0 Å². The number of pyridine rings is 1. The van der Waals surface area contributed by atoms with Gasteiger partial charge in [-0.15, -0.1) is 37.2 Å². The van der Waals surface area contributed by atoms with Gasteiger partial charge in [-0.1, -0.05) is 60.7 Å². The Kier molecular flexibility index (Phi) is 14.9. The van der Waals surface area contributed by atoms with Gasteiger partial charge in [-0.2, -0.15) is 9.97 Å². The second-order valence-corrected chi connectivity index (χ2v) is 12.1. The molecule has 2 aromatic heterocycles. The molecule has 49 heavy (non-hydrogen) atoms. The molecule has 4 heterocycles. The summed E-state index contributed by atoms with van der Waals surface area (Å²) in [5, 5.41) is 0. The smallest absolute Gasteiger partial charge is 0.322 e. The summed E-state index contributed by atoms with van der Waals surface area (Å²) in [5.74, 6) is 1.02. The minimum absolute atomic E-state index is 0. The molecule has 0 saturated carbocycles. The number of fused-ring (bicyclic) bond motifs is 1. The predicted molar refractivity (Wildman–Crippen MR) is 197 cm³/mol. The van der Waals surface area contributed by atoms with Crippen molar-refractivity contribution in [1.82, 2.24) is 29.7 Å². The Morgan fingerprint density at radius 1 is 0.816 bits per heavy atom. The van der Waals surface area contributed by atoms with Crippen molar-refractivity contribution >= 4 is 43.1 Å². The first-order chi connectivity index (χ1) is 22.4. The number of nitrogens with zero attached hydrogens (tertiary/aromatic N) is 6. The lowest BCUT2D eigenvalue weighted by Gasteiger charge is -2.53. The minimum atomic E-state index is -0.0985. The number of ether oxygens (including phenoxy) is 3. The standard InChI is InChI=1S/C36H42N6O4.3ClH/c1-25(2)46-34-30(33(44-3)38-36(39-34)45-4)23-40-21-29-22-41(35(43)28-16-11-17-37-20-28)18-19-42(29)31(24-40)32(26-12-7-5-8-13-26)27-14-9-6-10-15-27;;;/h5-17,20,25,29,31-32H,18-19,21-24H2,1-4H3;3*1H/t29-,31+;;;/m1.../s1. The van der Waals surface area contributed by atoms with Crippen LogP contribution < -0.4 is 14.2 Å². The van der Waals surface area contributed by atoms with E-state index in [1.54, 1.807) is 19.5 Å². The fourth-order valence-electron chi connectivity index (χ4n) is 6.82. The van der Waals surface area contributed by atoms with Crippen LogP contribution in [0.25, 0.3) is 0 Å². The predicted octanol–water partition coefficient (Wildman–Crippen LogP) is 5.78. The Morgan fingerprint density at radius 2 is 1.47 bits per heavy atom. The van der Waals surface area contributed by atoms with Crippen molar-refractivity contribution in [2.75, 3.05) is 46.9 Å². The van der Waals surface area contributed by atoms with Gasteiger partial charge in [-0.3, -0.25) is 19.6 Å². The average Bonchev–Trinajstić information content (AvgIpc) is 3.09. The highest BCUT2D eigenvalue weighted by molar-refractivity contribution is 5.94. The zero-order valence-electron chi connectivity index (χ0n) is 28.2. The van der Waals surface area contributed by atoms with Gasteiger partial charge in [0.2, 0.25) is 11.8 Å². The highest BCUT2D eigenvalue weighted by Gasteiger charge is 2.43. The van der Waals surface area contributed by atoms with Gasteiger partial charge < -0.3 is 19.1 Å². The molecule has 0 spiro atoms. The van der Waals surface area contributed by atoms with Crippen LogP contribution in [0, 0.1) is 0 Å². The fraction of sp³-hybridized carbons (Fsp3) is 0.389. The van der Waals surface area contributed by atoms with Crippen molar-refractivity contribution in [2.24, 2.45) is 0 Å². The molecule has 0 N–H and O–H groups in total. The maximum Gasteiger partial charge on any atom is 0.322 e. The topological polar surface area (TPSA) is 93.2 Å². The summed E-state index contributed by atoms with van der Waals surface area (Å²) >= 11 is 0. The Morgan fingerprint density at radius 3 is 2.04 bits per heavy atom. The van der Waals surface area contributed by atoms with Crippen LogP contribution in [-0.2, 0) is 6.54 Å².